The van der Waals surface area contributed by atoms with Crippen LogP contribution in [0.1, 0.15) is 16.5 Å². The number of nitrogens with one attached hydrogen (secondary N) is 1. The SMILES string of the molecule is CNC(c1ccc2c(c1)oc(=O)n2C)c1sccc1Br. The summed E-state index contributed by atoms with van der Waals surface area (Å²) < 4.78 is 7.84. The molecule has 0 amide bonds. The molecule has 3 rings (SSSR count). The molecule has 0 bridgehead atoms. The number of hydrogen-bond acceptors (Lipinski definition) is 4. The smallest absolute Gasteiger partial charge is 0.408 e. The zero-order valence-electron chi connectivity index (χ0n) is 11.0. The van der Waals surface area contributed by atoms with Crippen molar-refractivity contribution in [2.45, 2.75) is 6.04 Å². The number of benzene rings is 1. The lowest BCUT2D eigenvalue weighted by molar-refractivity contribution is 0.527. The molecule has 2 aromatic heterocycles. The van der Waals surface area contributed by atoms with Crippen LogP contribution in [0.4, 0.5) is 0 Å². The van der Waals surface area contributed by atoms with Crippen molar-refractivity contribution in [2.24, 2.45) is 7.05 Å². The van der Waals surface area contributed by atoms with E-state index >= 15 is 0 Å². The molecule has 0 aliphatic rings. The fourth-order valence-corrected chi connectivity index (χ4v) is 4.03. The first-order chi connectivity index (χ1) is 9.61. The molecule has 0 saturated carbocycles. The Kier molecular flexibility index (Phi) is 3.54. The highest BCUT2D eigenvalue weighted by molar-refractivity contribution is 9.10. The predicted octanol–water partition coefficient (Wildman–Crippen LogP) is 3.26. The fraction of sp³-hybridized carbons (Fsp3) is 0.214. The predicted molar refractivity (Wildman–Crippen MR) is 84.4 cm³/mol. The van der Waals surface area contributed by atoms with Gasteiger partial charge in [0.05, 0.1) is 11.6 Å². The summed E-state index contributed by atoms with van der Waals surface area (Å²) in [5.74, 6) is -0.338. The molecule has 3 aromatic rings. The van der Waals surface area contributed by atoms with E-state index in [2.05, 4.69) is 21.2 Å². The average molecular weight is 353 g/mol. The summed E-state index contributed by atoms with van der Waals surface area (Å²) in [5, 5.41) is 5.35. The van der Waals surface area contributed by atoms with Gasteiger partial charge >= 0.3 is 5.76 Å². The van der Waals surface area contributed by atoms with Crippen LogP contribution in [0.15, 0.2) is 43.3 Å². The molecular weight excluding hydrogens is 340 g/mol. The van der Waals surface area contributed by atoms with Crippen LogP contribution in [0.5, 0.6) is 0 Å². The number of hydrogen-bond donors (Lipinski definition) is 1. The van der Waals surface area contributed by atoms with Crippen LogP contribution in [0.3, 0.4) is 0 Å². The van der Waals surface area contributed by atoms with Gasteiger partial charge in [-0.05, 0) is 52.1 Å². The van der Waals surface area contributed by atoms with Crippen molar-refractivity contribution in [3.05, 3.63) is 55.1 Å². The molecule has 104 valence electrons. The van der Waals surface area contributed by atoms with E-state index in [1.807, 2.05) is 36.7 Å². The monoisotopic (exact) mass is 352 g/mol. The zero-order valence-corrected chi connectivity index (χ0v) is 13.4. The number of nitrogens with zero attached hydrogens (tertiary/aromatic N) is 1. The van der Waals surface area contributed by atoms with Crippen molar-refractivity contribution in [1.29, 1.82) is 0 Å². The Bertz CT molecular complexity index is 818. The van der Waals surface area contributed by atoms with Gasteiger partial charge in [-0.2, -0.15) is 0 Å². The van der Waals surface area contributed by atoms with Crippen LogP contribution in [-0.2, 0) is 7.05 Å². The van der Waals surface area contributed by atoms with Gasteiger partial charge in [0.2, 0.25) is 0 Å². The lowest BCUT2D eigenvalue weighted by Crippen LogP contribution is -2.16. The fourth-order valence-electron chi connectivity index (χ4n) is 2.29. The molecule has 0 spiro atoms. The van der Waals surface area contributed by atoms with E-state index in [-0.39, 0.29) is 11.8 Å². The number of aryl methyl sites for hydroxylation is 1. The largest absolute Gasteiger partial charge is 0.419 e. The number of thiophene rings is 1. The third-order valence-electron chi connectivity index (χ3n) is 3.35. The van der Waals surface area contributed by atoms with E-state index in [0.29, 0.717) is 5.58 Å². The second-order valence-corrected chi connectivity index (χ2v) is 6.31. The lowest BCUT2D eigenvalue weighted by Gasteiger charge is -2.15. The maximum atomic E-state index is 11.5. The van der Waals surface area contributed by atoms with Crippen LogP contribution < -0.4 is 11.1 Å². The number of oxazole rings is 1. The minimum atomic E-state index is -0.338. The summed E-state index contributed by atoms with van der Waals surface area (Å²) in [5.41, 5.74) is 2.49. The molecule has 1 aromatic carbocycles. The second-order valence-electron chi connectivity index (χ2n) is 4.51. The molecule has 1 unspecified atom stereocenters. The molecule has 4 nitrogen and oxygen atoms in total. The Labute approximate surface area is 128 Å². The number of fused-ring (bicyclic) bond motifs is 1. The second kappa shape index (κ2) is 5.20. The molecule has 0 aliphatic heterocycles. The summed E-state index contributed by atoms with van der Waals surface area (Å²) in [6.45, 7) is 0. The van der Waals surface area contributed by atoms with Gasteiger partial charge in [0, 0.05) is 16.4 Å². The molecule has 0 fully saturated rings. The van der Waals surface area contributed by atoms with Gasteiger partial charge in [-0.3, -0.25) is 4.57 Å². The maximum Gasteiger partial charge on any atom is 0.419 e. The van der Waals surface area contributed by atoms with Crippen LogP contribution in [0.25, 0.3) is 11.1 Å². The lowest BCUT2D eigenvalue weighted by atomic mass is 10.1. The first kappa shape index (κ1) is 13.6. The van der Waals surface area contributed by atoms with Gasteiger partial charge in [0.25, 0.3) is 0 Å². The van der Waals surface area contributed by atoms with Crippen molar-refractivity contribution >= 4 is 38.4 Å². The van der Waals surface area contributed by atoms with Crippen molar-refractivity contribution in [1.82, 2.24) is 9.88 Å². The Balaban J connectivity index is 2.13. The van der Waals surface area contributed by atoms with Crippen molar-refractivity contribution in [3.8, 4) is 0 Å². The van der Waals surface area contributed by atoms with Gasteiger partial charge in [0.15, 0.2) is 5.58 Å². The highest BCUT2D eigenvalue weighted by Gasteiger charge is 2.18. The van der Waals surface area contributed by atoms with Crippen LogP contribution in [0, 0.1) is 0 Å². The van der Waals surface area contributed by atoms with Crippen molar-refractivity contribution < 1.29 is 4.42 Å². The van der Waals surface area contributed by atoms with Gasteiger partial charge in [-0.1, -0.05) is 6.07 Å². The molecule has 1 atom stereocenters. The minimum absolute atomic E-state index is 0.0688. The topological polar surface area (TPSA) is 47.2 Å². The van der Waals surface area contributed by atoms with E-state index in [0.717, 1.165) is 15.6 Å². The van der Waals surface area contributed by atoms with Crippen molar-refractivity contribution in [2.75, 3.05) is 7.05 Å². The van der Waals surface area contributed by atoms with Crippen LogP contribution in [0.2, 0.25) is 0 Å². The maximum absolute atomic E-state index is 11.5. The summed E-state index contributed by atoms with van der Waals surface area (Å²) in [6, 6.07) is 7.96. The van der Waals surface area contributed by atoms with Gasteiger partial charge < -0.3 is 9.73 Å². The quantitative estimate of drug-likeness (QED) is 0.786. The Hall–Kier alpha value is -1.37. The highest BCUT2D eigenvalue weighted by atomic mass is 79.9. The van der Waals surface area contributed by atoms with Crippen LogP contribution >= 0.6 is 27.3 Å². The zero-order chi connectivity index (χ0) is 14.3. The third kappa shape index (κ3) is 2.13. The van der Waals surface area contributed by atoms with E-state index in [4.69, 9.17) is 4.42 Å². The molecule has 1 N–H and O–H groups in total. The molecule has 0 aliphatic carbocycles. The normalized spacial score (nSPS) is 12.9. The summed E-state index contributed by atoms with van der Waals surface area (Å²) in [7, 11) is 3.63. The van der Waals surface area contributed by atoms with Crippen molar-refractivity contribution in [3.63, 3.8) is 0 Å². The molecule has 0 radical (unpaired) electrons. The van der Waals surface area contributed by atoms with Gasteiger partial charge in [-0.25, -0.2) is 4.79 Å². The number of rotatable bonds is 3. The molecule has 0 saturated heterocycles. The van der Waals surface area contributed by atoms with Gasteiger partial charge in [-0.15, -0.1) is 11.3 Å². The Morgan fingerprint density at radius 3 is 2.85 bits per heavy atom. The molecule has 2 heterocycles. The number of aromatic nitrogens is 1. The Morgan fingerprint density at radius 2 is 2.20 bits per heavy atom. The first-order valence-electron chi connectivity index (χ1n) is 6.11. The standard InChI is InChI=1S/C14H13BrN2O2S/c1-16-12(13-9(15)5-6-20-13)8-3-4-10-11(7-8)19-14(18)17(10)2/h3-7,12,16H,1-2H3. The summed E-state index contributed by atoms with van der Waals surface area (Å²) in [4.78, 5) is 12.7. The molecule has 20 heavy (non-hydrogen) atoms. The van der Waals surface area contributed by atoms with E-state index in [9.17, 15) is 4.79 Å². The molecule has 6 heteroatoms. The first-order valence-corrected chi connectivity index (χ1v) is 7.78. The highest BCUT2D eigenvalue weighted by Crippen LogP contribution is 2.33. The van der Waals surface area contributed by atoms with E-state index in [1.54, 1.807) is 18.4 Å². The third-order valence-corrected chi connectivity index (χ3v) is 5.28. The average Bonchev–Trinajstić information content (AvgIpc) is 2.96. The number of halogens is 1. The molecular formula is C14H13BrN2O2S. The van der Waals surface area contributed by atoms with E-state index in [1.165, 1.54) is 9.44 Å². The summed E-state index contributed by atoms with van der Waals surface area (Å²) in [6.07, 6.45) is 0. The van der Waals surface area contributed by atoms with E-state index < -0.39 is 0 Å². The Morgan fingerprint density at radius 1 is 1.40 bits per heavy atom. The summed E-state index contributed by atoms with van der Waals surface area (Å²) >= 11 is 5.25. The minimum Gasteiger partial charge on any atom is -0.408 e. The van der Waals surface area contributed by atoms with Gasteiger partial charge in [0.1, 0.15) is 0 Å². The van der Waals surface area contributed by atoms with Crippen LogP contribution in [-0.4, -0.2) is 11.6 Å².